The van der Waals surface area contributed by atoms with Crippen LogP contribution < -0.4 is 4.74 Å². The molecular weight excluding hydrogens is 265 g/mol. The minimum atomic E-state index is -0.571. The van der Waals surface area contributed by atoms with Crippen LogP contribution in [0.25, 0.3) is 0 Å². The van der Waals surface area contributed by atoms with E-state index in [-0.39, 0.29) is 19.6 Å². The van der Waals surface area contributed by atoms with Gasteiger partial charge in [0.15, 0.2) is 0 Å². The van der Waals surface area contributed by atoms with Gasteiger partial charge in [0.1, 0.15) is 25.4 Å². The first kappa shape index (κ1) is 13.6. The summed E-state index contributed by atoms with van der Waals surface area (Å²) in [6.07, 6.45) is -0.262. The number of esters is 1. The summed E-state index contributed by atoms with van der Waals surface area (Å²) in [7, 11) is 0. The van der Waals surface area contributed by atoms with Crippen LogP contribution in [0.4, 0.5) is 0 Å². The molecule has 0 saturated heterocycles. The van der Waals surface area contributed by atoms with Crippen molar-refractivity contribution in [1.29, 1.82) is 5.26 Å². The topological polar surface area (TPSA) is 59.3 Å². The molecule has 90 valence electrons. The summed E-state index contributed by atoms with van der Waals surface area (Å²) in [5.74, 6) is -0.106. The number of nitrogens with zero attached hydrogens (tertiary/aromatic N) is 1. The Labute approximate surface area is 109 Å². The van der Waals surface area contributed by atoms with Crippen molar-refractivity contribution in [1.82, 2.24) is 0 Å². The van der Waals surface area contributed by atoms with Gasteiger partial charge in [-0.05, 0) is 18.2 Å². The maximum absolute atomic E-state index is 10.8. The van der Waals surface area contributed by atoms with Crippen LogP contribution in [0.1, 0.15) is 6.42 Å². The molecule has 0 aliphatic heterocycles. The molecule has 0 aliphatic rings. The van der Waals surface area contributed by atoms with E-state index in [9.17, 15) is 4.79 Å². The first-order valence-corrected chi connectivity index (χ1v) is 5.49. The molecule has 0 N–H and O–H groups in total. The summed E-state index contributed by atoms with van der Waals surface area (Å²) in [6, 6.07) is 6.52. The molecular formula is C11H9Cl2NO3. The van der Waals surface area contributed by atoms with Crippen LogP contribution in [-0.2, 0) is 9.53 Å². The average Bonchev–Trinajstić information content (AvgIpc) is 2.27. The zero-order valence-corrected chi connectivity index (χ0v) is 10.3. The van der Waals surface area contributed by atoms with Crippen LogP contribution in [0, 0.1) is 11.3 Å². The van der Waals surface area contributed by atoms with Crippen LogP contribution in [0.3, 0.4) is 0 Å². The predicted molar refractivity (Wildman–Crippen MR) is 63.1 cm³/mol. The van der Waals surface area contributed by atoms with Crippen molar-refractivity contribution < 1.29 is 14.3 Å². The molecule has 1 aromatic rings. The van der Waals surface area contributed by atoms with Gasteiger partial charge in [0.2, 0.25) is 0 Å². The lowest BCUT2D eigenvalue weighted by molar-refractivity contribution is -0.143. The Kier molecular flexibility index (Phi) is 5.61. The lowest BCUT2D eigenvalue weighted by Gasteiger charge is -2.08. The lowest BCUT2D eigenvalue weighted by atomic mass is 10.3. The summed E-state index contributed by atoms with van der Waals surface area (Å²) < 4.78 is 9.98. The van der Waals surface area contributed by atoms with Gasteiger partial charge in [0, 0.05) is 5.02 Å². The Hall–Kier alpha value is -1.44. The van der Waals surface area contributed by atoms with Crippen molar-refractivity contribution in [3.05, 3.63) is 28.2 Å². The molecule has 17 heavy (non-hydrogen) atoms. The van der Waals surface area contributed by atoms with Crippen LogP contribution in [0.2, 0.25) is 10.0 Å². The van der Waals surface area contributed by atoms with E-state index in [1.54, 1.807) is 24.3 Å². The maximum Gasteiger partial charge on any atom is 0.320 e. The Morgan fingerprint density at radius 2 is 2.12 bits per heavy atom. The van der Waals surface area contributed by atoms with Gasteiger partial charge in [0.05, 0.1) is 11.1 Å². The minimum absolute atomic E-state index is 0.0689. The fraction of sp³-hybridized carbons (Fsp3) is 0.273. The number of ether oxygens (including phenoxy) is 2. The van der Waals surface area contributed by atoms with Gasteiger partial charge in [-0.2, -0.15) is 5.26 Å². The Morgan fingerprint density at radius 1 is 1.35 bits per heavy atom. The predicted octanol–water partition coefficient (Wildman–Crippen LogP) is 2.83. The molecule has 0 amide bonds. The second kappa shape index (κ2) is 7.00. The number of hydrogen-bond acceptors (Lipinski definition) is 4. The molecule has 4 nitrogen and oxygen atoms in total. The van der Waals surface area contributed by atoms with Crippen LogP contribution in [-0.4, -0.2) is 19.2 Å². The smallest absolute Gasteiger partial charge is 0.320 e. The first-order valence-electron chi connectivity index (χ1n) is 4.74. The van der Waals surface area contributed by atoms with Crippen LogP contribution >= 0.6 is 23.2 Å². The molecule has 1 aromatic carbocycles. The number of rotatable bonds is 5. The van der Waals surface area contributed by atoms with E-state index < -0.39 is 5.97 Å². The summed E-state index contributed by atoms with van der Waals surface area (Å²) >= 11 is 11.6. The third kappa shape index (κ3) is 4.94. The van der Waals surface area contributed by atoms with Crippen LogP contribution in [0.15, 0.2) is 18.2 Å². The third-order valence-corrected chi connectivity index (χ3v) is 2.25. The molecule has 0 unspecified atom stereocenters. The molecule has 0 spiro atoms. The molecule has 0 bridgehead atoms. The van der Waals surface area contributed by atoms with E-state index in [1.807, 2.05) is 0 Å². The van der Waals surface area contributed by atoms with Crippen molar-refractivity contribution in [3.63, 3.8) is 0 Å². The fourth-order valence-electron chi connectivity index (χ4n) is 1.01. The number of hydrogen-bond donors (Lipinski definition) is 0. The van der Waals surface area contributed by atoms with Gasteiger partial charge in [-0.1, -0.05) is 23.2 Å². The van der Waals surface area contributed by atoms with E-state index >= 15 is 0 Å². The second-order valence-electron chi connectivity index (χ2n) is 2.98. The SMILES string of the molecule is N#CCC(=O)OCCOc1ccc(Cl)cc1Cl. The highest BCUT2D eigenvalue weighted by atomic mass is 35.5. The first-order chi connectivity index (χ1) is 8.13. The Bertz CT molecular complexity index is 443. The van der Waals surface area contributed by atoms with E-state index in [1.165, 1.54) is 0 Å². The quantitative estimate of drug-likeness (QED) is 0.612. The molecule has 0 aromatic heterocycles. The highest BCUT2D eigenvalue weighted by molar-refractivity contribution is 6.35. The summed E-state index contributed by atoms with van der Waals surface area (Å²) in [4.78, 5) is 10.8. The molecule has 1 rings (SSSR count). The molecule has 0 atom stereocenters. The maximum atomic E-state index is 10.8. The number of halogens is 2. The summed E-state index contributed by atoms with van der Waals surface area (Å²) in [5.41, 5.74) is 0. The summed E-state index contributed by atoms with van der Waals surface area (Å²) in [5, 5.41) is 9.13. The van der Waals surface area contributed by atoms with Crippen molar-refractivity contribution in [3.8, 4) is 11.8 Å². The van der Waals surface area contributed by atoms with Gasteiger partial charge < -0.3 is 9.47 Å². The molecule has 0 radical (unpaired) electrons. The fourth-order valence-corrected chi connectivity index (χ4v) is 1.48. The van der Waals surface area contributed by atoms with E-state index in [0.717, 1.165) is 0 Å². The van der Waals surface area contributed by atoms with Gasteiger partial charge in [0.25, 0.3) is 0 Å². The molecule has 0 saturated carbocycles. The van der Waals surface area contributed by atoms with Crippen molar-refractivity contribution >= 4 is 29.2 Å². The lowest BCUT2D eigenvalue weighted by Crippen LogP contribution is -2.11. The van der Waals surface area contributed by atoms with Gasteiger partial charge in [-0.15, -0.1) is 0 Å². The van der Waals surface area contributed by atoms with E-state index in [2.05, 4.69) is 0 Å². The highest BCUT2D eigenvalue weighted by Gasteiger charge is 2.04. The van der Waals surface area contributed by atoms with Gasteiger partial charge in [-0.3, -0.25) is 4.79 Å². The van der Waals surface area contributed by atoms with E-state index in [0.29, 0.717) is 15.8 Å². The molecule has 0 heterocycles. The number of carbonyl (C=O) groups excluding carboxylic acids is 1. The normalized spacial score (nSPS) is 9.47. The second-order valence-corrected chi connectivity index (χ2v) is 3.82. The average molecular weight is 274 g/mol. The molecule has 6 heteroatoms. The van der Waals surface area contributed by atoms with E-state index in [4.69, 9.17) is 37.9 Å². The minimum Gasteiger partial charge on any atom is -0.488 e. The summed E-state index contributed by atoms with van der Waals surface area (Å²) in [6.45, 7) is 0.234. The Morgan fingerprint density at radius 3 is 2.76 bits per heavy atom. The standard InChI is InChI=1S/C11H9Cl2NO3/c12-8-1-2-10(9(13)7-8)16-5-6-17-11(15)3-4-14/h1-2,7H,3,5-6H2. The molecule has 0 fully saturated rings. The third-order valence-electron chi connectivity index (χ3n) is 1.72. The zero-order valence-electron chi connectivity index (χ0n) is 8.78. The number of carbonyl (C=O) groups is 1. The van der Waals surface area contributed by atoms with Gasteiger partial charge in [-0.25, -0.2) is 0 Å². The van der Waals surface area contributed by atoms with Crippen molar-refractivity contribution in [2.45, 2.75) is 6.42 Å². The van der Waals surface area contributed by atoms with Crippen molar-refractivity contribution in [2.24, 2.45) is 0 Å². The molecule has 0 aliphatic carbocycles. The zero-order chi connectivity index (χ0) is 12.7. The van der Waals surface area contributed by atoms with Crippen LogP contribution in [0.5, 0.6) is 5.75 Å². The van der Waals surface area contributed by atoms with Gasteiger partial charge >= 0.3 is 5.97 Å². The highest BCUT2D eigenvalue weighted by Crippen LogP contribution is 2.27. The van der Waals surface area contributed by atoms with Crippen molar-refractivity contribution in [2.75, 3.05) is 13.2 Å². The number of nitriles is 1. The number of benzene rings is 1. The monoisotopic (exact) mass is 273 g/mol. The Balaban J connectivity index is 2.32. The largest absolute Gasteiger partial charge is 0.488 e.